The summed E-state index contributed by atoms with van der Waals surface area (Å²) in [6.07, 6.45) is -9.63. The predicted octanol–water partition coefficient (Wildman–Crippen LogP) is 5.48. The molecule has 5 nitrogen and oxygen atoms in total. The normalized spacial score (nSPS) is 18.1. The molecular weight excluding hydrogens is 466 g/mol. The molecule has 0 radical (unpaired) electrons. The SMILES string of the molecule is COC(=O)C1CN(c2cccc(-c3cc(C(F)(F)F)cc4c3N(C(F)(F)F)CC(C)(C)O4)c2)C1. The van der Waals surface area contributed by atoms with Gasteiger partial charge in [-0.25, -0.2) is 0 Å². The van der Waals surface area contributed by atoms with Crippen LogP contribution < -0.4 is 14.5 Å². The Labute approximate surface area is 191 Å². The average molecular weight is 488 g/mol. The molecule has 2 aliphatic heterocycles. The lowest BCUT2D eigenvalue weighted by Gasteiger charge is -2.42. The zero-order chi connectivity index (χ0) is 25.1. The van der Waals surface area contributed by atoms with Crippen LogP contribution in [0.3, 0.4) is 0 Å². The molecule has 0 atom stereocenters. The van der Waals surface area contributed by atoms with Crippen LogP contribution in [0.25, 0.3) is 11.1 Å². The van der Waals surface area contributed by atoms with E-state index >= 15 is 0 Å². The third-order valence-corrected chi connectivity index (χ3v) is 5.84. The van der Waals surface area contributed by atoms with E-state index in [2.05, 4.69) is 0 Å². The maximum atomic E-state index is 14.0. The zero-order valence-corrected chi connectivity index (χ0v) is 18.5. The molecule has 0 N–H and O–H groups in total. The van der Waals surface area contributed by atoms with E-state index in [1.807, 2.05) is 0 Å². The highest BCUT2D eigenvalue weighted by Gasteiger charge is 2.48. The molecule has 0 unspecified atom stereocenters. The van der Waals surface area contributed by atoms with Crippen molar-refractivity contribution in [3.05, 3.63) is 42.0 Å². The van der Waals surface area contributed by atoms with Crippen LogP contribution in [-0.2, 0) is 15.7 Å². The maximum Gasteiger partial charge on any atom is 0.485 e. The van der Waals surface area contributed by atoms with Gasteiger partial charge in [-0.3, -0.25) is 9.69 Å². The fourth-order valence-electron chi connectivity index (χ4n) is 4.23. The van der Waals surface area contributed by atoms with Gasteiger partial charge in [-0.1, -0.05) is 12.1 Å². The molecule has 0 amide bonds. The lowest BCUT2D eigenvalue weighted by atomic mass is 9.94. The molecule has 2 heterocycles. The van der Waals surface area contributed by atoms with E-state index in [9.17, 15) is 31.1 Å². The van der Waals surface area contributed by atoms with Gasteiger partial charge in [0.1, 0.15) is 11.4 Å². The summed E-state index contributed by atoms with van der Waals surface area (Å²) >= 11 is 0. The number of hydrogen-bond acceptors (Lipinski definition) is 5. The van der Waals surface area contributed by atoms with Gasteiger partial charge in [0.15, 0.2) is 0 Å². The molecule has 34 heavy (non-hydrogen) atoms. The molecule has 1 saturated heterocycles. The minimum atomic E-state index is -4.84. The number of methoxy groups -OCH3 is 1. The van der Waals surface area contributed by atoms with Crippen LogP contribution >= 0.6 is 0 Å². The number of benzene rings is 2. The number of anilines is 2. The quantitative estimate of drug-likeness (QED) is 0.325. The van der Waals surface area contributed by atoms with Gasteiger partial charge in [0.25, 0.3) is 0 Å². The Kier molecular flexibility index (Phi) is 5.64. The smallest absolute Gasteiger partial charge is 0.484 e. The highest BCUT2D eigenvalue weighted by atomic mass is 19.4. The van der Waals surface area contributed by atoms with E-state index < -0.39 is 41.6 Å². The van der Waals surface area contributed by atoms with Crippen LogP contribution in [-0.4, -0.2) is 44.6 Å². The third-order valence-electron chi connectivity index (χ3n) is 5.84. The molecule has 0 aliphatic carbocycles. The third kappa shape index (κ3) is 4.47. The predicted molar refractivity (Wildman–Crippen MR) is 113 cm³/mol. The minimum absolute atomic E-state index is 0.130. The van der Waals surface area contributed by atoms with Crippen LogP contribution in [0.5, 0.6) is 5.75 Å². The summed E-state index contributed by atoms with van der Waals surface area (Å²) in [5.41, 5.74) is -2.45. The Morgan fingerprint density at radius 2 is 1.76 bits per heavy atom. The van der Waals surface area contributed by atoms with Gasteiger partial charge >= 0.3 is 18.4 Å². The van der Waals surface area contributed by atoms with Crippen molar-refractivity contribution >= 4 is 17.3 Å². The van der Waals surface area contributed by atoms with Crippen LogP contribution in [0, 0.1) is 5.92 Å². The van der Waals surface area contributed by atoms with E-state index in [1.54, 1.807) is 17.0 Å². The molecule has 1 fully saturated rings. The van der Waals surface area contributed by atoms with Crippen molar-refractivity contribution in [2.45, 2.75) is 31.9 Å². The number of esters is 1. The monoisotopic (exact) mass is 488 g/mol. The van der Waals surface area contributed by atoms with E-state index in [4.69, 9.17) is 9.47 Å². The number of alkyl halides is 6. The lowest BCUT2D eigenvalue weighted by Crippen LogP contribution is -2.52. The Bertz CT molecular complexity index is 1110. The summed E-state index contributed by atoms with van der Waals surface area (Å²) in [5.74, 6) is -1.20. The first-order valence-corrected chi connectivity index (χ1v) is 10.4. The summed E-state index contributed by atoms with van der Waals surface area (Å²) in [5, 5.41) is 0. The first-order chi connectivity index (χ1) is 15.7. The van der Waals surface area contributed by atoms with Crippen molar-refractivity contribution in [2.75, 3.05) is 36.5 Å². The topological polar surface area (TPSA) is 42.0 Å². The van der Waals surface area contributed by atoms with E-state index in [0.717, 1.165) is 0 Å². The summed E-state index contributed by atoms with van der Waals surface area (Å²) in [6, 6.07) is 7.51. The molecule has 2 aromatic rings. The number of fused-ring (bicyclic) bond motifs is 1. The second kappa shape index (κ2) is 7.99. The van der Waals surface area contributed by atoms with Crippen LogP contribution in [0.15, 0.2) is 36.4 Å². The second-order valence-electron chi connectivity index (χ2n) is 8.96. The van der Waals surface area contributed by atoms with Crippen molar-refractivity contribution in [3.8, 4) is 16.9 Å². The highest BCUT2D eigenvalue weighted by Crippen LogP contribution is 2.50. The van der Waals surface area contributed by atoms with Gasteiger partial charge < -0.3 is 14.4 Å². The van der Waals surface area contributed by atoms with Gasteiger partial charge in [0.05, 0.1) is 30.8 Å². The Balaban J connectivity index is 1.83. The van der Waals surface area contributed by atoms with Gasteiger partial charge in [0.2, 0.25) is 0 Å². The van der Waals surface area contributed by atoms with Crippen molar-refractivity contribution in [2.24, 2.45) is 5.92 Å². The fraction of sp³-hybridized carbons (Fsp3) is 0.435. The number of nitrogens with zero attached hydrogens (tertiary/aromatic N) is 2. The standard InChI is InChI=1S/C23H22F6N2O3/c1-21(2)12-31(23(27,28)29)19-17(8-15(22(24,25)26)9-18(19)34-21)13-5-4-6-16(7-13)30-10-14(11-30)20(32)33-3/h4-9,14H,10-12H2,1-3H3. The summed E-state index contributed by atoms with van der Waals surface area (Å²) in [4.78, 5) is 13.6. The molecule has 2 aromatic carbocycles. The average Bonchev–Trinajstić information content (AvgIpc) is 2.69. The van der Waals surface area contributed by atoms with Gasteiger partial charge in [-0.2, -0.15) is 26.3 Å². The van der Waals surface area contributed by atoms with Crippen molar-refractivity contribution < 1.29 is 40.6 Å². The van der Waals surface area contributed by atoms with Crippen LogP contribution in [0.4, 0.5) is 37.7 Å². The zero-order valence-electron chi connectivity index (χ0n) is 18.5. The number of carbonyl (C=O) groups excluding carboxylic acids is 1. The highest BCUT2D eigenvalue weighted by molar-refractivity contribution is 5.86. The van der Waals surface area contributed by atoms with Crippen molar-refractivity contribution in [3.63, 3.8) is 0 Å². The molecule has 184 valence electrons. The maximum absolute atomic E-state index is 14.0. The Hall–Kier alpha value is -3.11. The first-order valence-electron chi connectivity index (χ1n) is 10.4. The largest absolute Gasteiger partial charge is 0.485 e. The van der Waals surface area contributed by atoms with E-state index in [0.29, 0.717) is 30.9 Å². The van der Waals surface area contributed by atoms with E-state index in [1.165, 1.54) is 33.1 Å². The van der Waals surface area contributed by atoms with Gasteiger partial charge in [0, 0.05) is 24.3 Å². The molecule has 0 aromatic heterocycles. The molecule has 4 rings (SSSR count). The van der Waals surface area contributed by atoms with Crippen molar-refractivity contribution in [1.29, 1.82) is 0 Å². The number of hydrogen-bond donors (Lipinski definition) is 0. The Morgan fingerprint density at radius 1 is 1.09 bits per heavy atom. The summed E-state index contributed by atoms with van der Waals surface area (Å²) in [6.45, 7) is 2.85. The molecule has 0 saturated carbocycles. The number of halogens is 6. The Morgan fingerprint density at radius 3 is 2.35 bits per heavy atom. The molecular formula is C23H22F6N2O3. The van der Waals surface area contributed by atoms with Crippen LogP contribution in [0.1, 0.15) is 19.4 Å². The van der Waals surface area contributed by atoms with Gasteiger partial charge in [-0.05, 0) is 43.7 Å². The molecule has 0 bridgehead atoms. The second-order valence-corrected chi connectivity index (χ2v) is 8.96. The van der Waals surface area contributed by atoms with Crippen LogP contribution in [0.2, 0.25) is 0 Å². The van der Waals surface area contributed by atoms with E-state index in [-0.39, 0.29) is 27.9 Å². The van der Waals surface area contributed by atoms with Crippen molar-refractivity contribution in [1.82, 2.24) is 0 Å². The minimum Gasteiger partial charge on any atom is -0.484 e. The summed E-state index contributed by atoms with van der Waals surface area (Å²) < 4.78 is 93.3. The molecule has 11 heteroatoms. The summed E-state index contributed by atoms with van der Waals surface area (Å²) in [7, 11) is 1.28. The fourth-order valence-corrected chi connectivity index (χ4v) is 4.23. The molecule has 2 aliphatic rings. The number of ether oxygens (including phenoxy) is 2. The number of rotatable bonds is 3. The number of carbonyl (C=O) groups is 1. The first kappa shape index (κ1) is 24.0. The molecule has 0 spiro atoms. The lowest BCUT2D eigenvalue weighted by molar-refractivity contribution is -0.146. The van der Waals surface area contributed by atoms with Gasteiger partial charge in [-0.15, -0.1) is 0 Å².